The van der Waals surface area contributed by atoms with Crippen LogP contribution in [-0.4, -0.2) is 22.1 Å². The zero-order chi connectivity index (χ0) is 19.7. The van der Waals surface area contributed by atoms with E-state index < -0.39 is 0 Å². The van der Waals surface area contributed by atoms with Crippen LogP contribution in [0.4, 0.5) is 0 Å². The van der Waals surface area contributed by atoms with E-state index in [1.807, 2.05) is 12.1 Å². The molecule has 0 bridgehead atoms. The van der Waals surface area contributed by atoms with Gasteiger partial charge in [0, 0.05) is 10.9 Å². The number of aromatic amines is 1. The highest BCUT2D eigenvalue weighted by Crippen LogP contribution is 2.27. The molecular weight excluding hydrogens is 376 g/mol. The average molecular weight is 389 g/mol. The maximum absolute atomic E-state index is 12.3. The second-order valence-corrected chi connectivity index (χ2v) is 6.39. The Hall–Kier alpha value is -3.69. The highest BCUT2D eigenvalue weighted by atomic mass is 35.5. The molecule has 0 fully saturated rings. The van der Waals surface area contributed by atoms with Crippen LogP contribution in [0.1, 0.15) is 11.4 Å². The van der Waals surface area contributed by atoms with Crippen LogP contribution in [0.5, 0.6) is 5.75 Å². The van der Waals surface area contributed by atoms with Crippen molar-refractivity contribution in [3.8, 4) is 11.8 Å². The van der Waals surface area contributed by atoms with E-state index in [1.54, 1.807) is 49.6 Å². The molecule has 136 valence electrons. The van der Waals surface area contributed by atoms with Gasteiger partial charge in [0.25, 0.3) is 5.56 Å². The molecule has 6 nitrogen and oxygen atoms in total. The SMILES string of the molecule is COc1ccc2nc(Cl)c(C=C(C#N)c3nc4ccccc4c(=O)[nH]3)cc2c1. The lowest BCUT2D eigenvalue weighted by Crippen LogP contribution is -2.11. The third kappa shape index (κ3) is 3.20. The lowest BCUT2D eigenvalue weighted by Gasteiger charge is -2.06. The Bertz CT molecular complexity index is 1350. The zero-order valence-electron chi connectivity index (χ0n) is 14.7. The number of benzene rings is 2. The molecule has 2 aromatic carbocycles. The summed E-state index contributed by atoms with van der Waals surface area (Å²) in [6.45, 7) is 0. The Balaban J connectivity index is 1.88. The fourth-order valence-corrected chi connectivity index (χ4v) is 3.10. The third-order valence-corrected chi connectivity index (χ3v) is 4.59. The summed E-state index contributed by atoms with van der Waals surface area (Å²) < 4.78 is 5.24. The standard InChI is InChI=1S/C21H13ClN4O2/c1-28-15-6-7-17-12(10-15)8-13(19(22)24-17)9-14(11-23)20-25-18-5-3-2-4-16(18)21(27)26-20/h2-10H,1H3,(H,25,26,27). The minimum Gasteiger partial charge on any atom is -0.497 e. The van der Waals surface area contributed by atoms with Gasteiger partial charge in [-0.2, -0.15) is 5.26 Å². The summed E-state index contributed by atoms with van der Waals surface area (Å²) in [6.07, 6.45) is 1.56. The van der Waals surface area contributed by atoms with Crippen molar-refractivity contribution < 1.29 is 4.74 Å². The Labute approximate surface area is 164 Å². The Morgan fingerprint density at radius 3 is 2.79 bits per heavy atom. The Morgan fingerprint density at radius 1 is 1.18 bits per heavy atom. The molecule has 28 heavy (non-hydrogen) atoms. The van der Waals surface area contributed by atoms with Gasteiger partial charge < -0.3 is 9.72 Å². The molecule has 1 N–H and O–H groups in total. The first-order valence-corrected chi connectivity index (χ1v) is 8.72. The van der Waals surface area contributed by atoms with E-state index in [4.69, 9.17) is 16.3 Å². The second-order valence-electron chi connectivity index (χ2n) is 6.03. The number of pyridine rings is 1. The van der Waals surface area contributed by atoms with Crippen LogP contribution in [0.3, 0.4) is 0 Å². The average Bonchev–Trinajstić information content (AvgIpc) is 2.71. The molecule has 4 aromatic rings. The van der Waals surface area contributed by atoms with Gasteiger partial charge in [-0.3, -0.25) is 4.79 Å². The molecule has 0 aliphatic rings. The molecule has 2 heterocycles. The Morgan fingerprint density at radius 2 is 2.00 bits per heavy atom. The molecule has 2 aromatic heterocycles. The third-order valence-electron chi connectivity index (χ3n) is 4.29. The summed E-state index contributed by atoms with van der Waals surface area (Å²) in [6, 6.07) is 16.3. The van der Waals surface area contributed by atoms with E-state index in [-0.39, 0.29) is 22.1 Å². The van der Waals surface area contributed by atoms with Crippen LogP contribution in [0.2, 0.25) is 5.15 Å². The molecule has 4 rings (SSSR count). The van der Waals surface area contributed by atoms with Crippen molar-refractivity contribution in [3.05, 3.63) is 75.4 Å². The van der Waals surface area contributed by atoms with E-state index in [0.717, 1.165) is 5.39 Å². The number of hydrogen-bond acceptors (Lipinski definition) is 5. The predicted molar refractivity (Wildman–Crippen MR) is 109 cm³/mol. The van der Waals surface area contributed by atoms with E-state index in [9.17, 15) is 10.1 Å². The van der Waals surface area contributed by atoms with Gasteiger partial charge in [0.05, 0.1) is 29.1 Å². The van der Waals surface area contributed by atoms with Crippen molar-refractivity contribution in [1.82, 2.24) is 15.0 Å². The quantitative estimate of drug-likeness (QED) is 0.419. The number of aromatic nitrogens is 3. The van der Waals surface area contributed by atoms with E-state index in [0.29, 0.717) is 27.7 Å². The van der Waals surface area contributed by atoms with E-state index in [2.05, 4.69) is 21.0 Å². The van der Waals surface area contributed by atoms with Gasteiger partial charge in [0.15, 0.2) is 5.82 Å². The minimum atomic E-state index is -0.311. The van der Waals surface area contributed by atoms with Gasteiger partial charge in [0.2, 0.25) is 0 Å². The molecule has 0 unspecified atom stereocenters. The minimum absolute atomic E-state index is 0.174. The van der Waals surface area contributed by atoms with Gasteiger partial charge in [-0.1, -0.05) is 23.7 Å². The Kier molecular flexibility index (Phi) is 4.52. The molecule has 0 amide bonds. The fraction of sp³-hybridized carbons (Fsp3) is 0.0476. The summed E-state index contributed by atoms with van der Waals surface area (Å²) in [7, 11) is 1.58. The van der Waals surface area contributed by atoms with E-state index in [1.165, 1.54) is 0 Å². The van der Waals surface area contributed by atoms with Crippen LogP contribution in [0.15, 0.2) is 53.3 Å². The number of H-pyrrole nitrogens is 1. The lowest BCUT2D eigenvalue weighted by molar-refractivity contribution is 0.415. The second kappa shape index (κ2) is 7.14. The summed E-state index contributed by atoms with van der Waals surface area (Å²) in [5.74, 6) is 0.862. The van der Waals surface area contributed by atoms with Crippen LogP contribution in [0.25, 0.3) is 33.5 Å². The van der Waals surface area contributed by atoms with Crippen molar-refractivity contribution in [1.29, 1.82) is 5.26 Å². The van der Waals surface area contributed by atoms with Crippen LogP contribution in [0, 0.1) is 11.3 Å². The lowest BCUT2D eigenvalue weighted by atomic mass is 10.1. The molecular formula is C21H13ClN4O2. The summed E-state index contributed by atoms with van der Waals surface area (Å²) in [5, 5.41) is 11.1. The van der Waals surface area contributed by atoms with Crippen molar-refractivity contribution in [2.45, 2.75) is 0 Å². The number of para-hydroxylation sites is 1. The van der Waals surface area contributed by atoms with Gasteiger partial charge in [-0.15, -0.1) is 0 Å². The number of nitriles is 1. The number of hydrogen-bond donors (Lipinski definition) is 1. The topological polar surface area (TPSA) is 91.7 Å². The van der Waals surface area contributed by atoms with Crippen LogP contribution >= 0.6 is 11.6 Å². The molecule has 0 saturated carbocycles. The van der Waals surface area contributed by atoms with E-state index >= 15 is 0 Å². The number of allylic oxidation sites excluding steroid dienone is 1. The molecule has 0 atom stereocenters. The van der Waals surface area contributed by atoms with Gasteiger partial charge in [-0.25, -0.2) is 9.97 Å². The molecule has 0 saturated heterocycles. The first kappa shape index (κ1) is 17.7. The van der Waals surface area contributed by atoms with Crippen molar-refractivity contribution >= 4 is 45.1 Å². The van der Waals surface area contributed by atoms with Gasteiger partial charge >= 0.3 is 0 Å². The smallest absolute Gasteiger partial charge is 0.259 e. The number of rotatable bonds is 3. The number of nitrogens with one attached hydrogen (secondary N) is 1. The zero-order valence-corrected chi connectivity index (χ0v) is 15.5. The molecule has 0 spiro atoms. The first-order valence-electron chi connectivity index (χ1n) is 8.34. The first-order chi connectivity index (χ1) is 13.6. The van der Waals surface area contributed by atoms with Crippen molar-refractivity contribution in [3.63, 3.8) is 0 Å². The predicted octanol–water partition coefficient (Wildman–Crippen LogP) is 4.20. The maximum atomic E-state index is 12.3. The molecule has 7 heteroatoms. The molecule has 0 aliphatic carbocycles. The number of nitrogens with zero attached hydrogens (tertiary/aromatic N) is 3. The monoisotopic (exact) mass is 388 g/mol. The number of halogens is 1. The summed E-state index contributed by atoms with van der Waals surface area (Å²) in [4.78, 5) is 23.7. The maximum Gasteiger partial charge on any atom is 0.259 e. The summed E-state index contributed by atoms with van der Waals surface area (Å²) in [5.41, 5.74) is 1.62. The molecule has 0 aliphatic heterocycles. The normalized spacial score (nSPS) is 11.5. The number of methoxy groups -OCH3 is 1. The highest BCUT2D eigenvalue weighted by molar-refractivity contribution is 6.31. The molecule has 0 radical (unpaired) electrons. The number of fused-ring (bicyclic) bond motifs is 2. The summed E-state index contributed by atoms with van der Waals surface area (Å²) >= 11 is 6.30. The van der Waals surface area contributed by atoms with Crippen molar-refractivity contribution in [2.24, 2.45) is 0 Å². The fourth-order valence-electron chi connectivity index (χ4n) is 2.90. The van der Waals surface area contributed by atoms with Crippen molar-refractivity contribution in [2.75, 3.05) is 7.11 Å². The highest BCUT2D eigenvalue weighted by Gasteiger charge is 2.11. The van der Waals surface area contributed by atoms with Crippen LogP contribution < -0.4 is 10.3 Å². The largest absolute Gasteiger partial charge is 0.497 e. The van der Waals surface area contributed by atoms with Gasteiger partial charge in [-0.05, 0) is 42.5 Å². The van der Waals surface area contributed by atoms with Gasteiger partial charge in [0.1, 0.15) is 17.0 Å². The number of ether oxygens (including phenoxy) is 1. The van der Waals surface area contributed by atoms with Crippen LogP contribution in [-0.2, 0) is 0 Å².